The van der Waals surface area contributed by atoms with Crippen molar-refractivity contribution >= 4 is 17.7 Å². The van der Waals surface area contributed by atoms with Gasteiger partial charge in [-0.25, -0.2) is 0 Å². The molecule has 24 heavy (non-hydrogen) atoms. The number of hydrogen-bond acceptors (Lipinski definition) is 4. The molecule has 1 aliphatic carbocycles. The number of fused-ring (bicyclic) bond motifs is 1. The Hall–Kier alpha value is -1.85. The lowest BCUT2D eigenvalue weighted by Crippen LogP contribution is -2.43. The van der Waals surface area contributed by atoms with Crippen LogP contribution in [0.5, 0.6) is 0 Å². The van der Waals surface area contributed by atoms with Crippen LogP contribution in [0, 0.1) is 0 Å². The molecule has 0 aliphatic heterocycles. The third-order valence-corrected chi connectivity index (χ3v) is 5.39. The molecule has 5 heteroatoms. The van der Waals surface area contributed by atoms with E-state index in [9.17, 15) is 9.90 Å². The van der Waals surface area contributed by atoms with Gasteiger partial charge in [-0.3, -0.25) is 9.78 Å². The molecule has 1 aromatic heterocycles. The van der Waals surface area contributed by atoms with Crippen LogP contribution >= 0.6 is 11.8 Å². The highest BCUT2D eigenvalue weighted by molar-refractivity contribution is 7.99. The van der Waals surface area contributed by atoms with E-state index in [0.717, 1.165) is 29.7 Å². The van der Waals surface area contributed by atoms with Gasteiger partial charge >= 0.3 is 0 Å². The van der Waals surface area contributed by atoms with Gasteiger partial charge < -0.3 is 10.4 Å². The first-order chi connectivity index (χ1) is 11.7. The smallest absolute Gasteiger partial charge is 0.230 e. The van der Waals surface area contributed by atoms with Crippen molar-refractivity contribution in [2.24, 2.45) is 0 Å². The average Bonchev–Trinajstić information content (AvgIpc) is 2.62. The summed E-state index contributed by atoms with van der Waals surface area (Å²) >= 11 is 1.56. The Bertz CT molecular complexity index is 693. The maximum Gasteiger partial charge on any atom is 0.230 e. The molecule has 1 aliphatic rings. The van der Waals surface area contributed by atoms with Crippen molar-refractivity contribution in [2.45, 2.75) is 30.6 Å². The first kappa shape index (κ1) is 17.0. The summed E-state index contributed by atoms with van der Waals surface area (Å²) in [6, 6.07) is 11.9. The summed E-state index contributed by atoms with van der Waals surface area (Å²) in [6.07, 6.45) is 6.14. The minimum Gasteiger partial charge on any atom is -0.383 e. The van der Waals surface area contributed by atoms with Crippen LogP contribution in [0.2, 0.25) is 0 Å². The summed E-state index contributed by atoms with van der Waals surface area (Å²) in [5, 5.41) is 13.8. The lowest BCUT2D eigenvalue weighted by atomic mass is 9.79. The molecule has 2 aromatic rings. The van der Waals surface area contributed by atoms with Crippen molar-refractivity contribution < 1.29 is 9.90 Å². The van der Waals surface area contributed by atoms with Gasteiger partial charge in [0.2, 0.25) is 5.91 Å². The van der Waals surface area contributed by atoms with Crippen LogP contribution in [0.4, 0.5) is 0 Å². The van der Waals surface area contributed by atoms with Crippen molar-refractivity contribution in [2.75, 3.05) is 12.3 Å². The van der Waals surface area contributed by atoms with E-state index in [4.69, 9.17) is 0 Å². The zero-order chi connectivity index (χ0) is 16.8. The number of pyridine rings is 1. The minimum atomic E-state index is -0.944. The summed E-state index contributed by atoms with van der Waals surface area (Å²) < 4.78 is 0. The average molecular weight is 342 g/mol. The number of benzene rings is 1. The van der Waals surface area contributed by atoms with Gasteiger partial charge in [-0.05, 0) is 48.1 Å². The van der Waals surface area contributed by atoms with Gasteiger partial charge in [-0.1, -0.05) is 24.3 Å². The predicted molar refractivity (Wildman–Crippen MR) is 96.7 cm³/mol. The fourth-order valence-electron chi connectivity index (χ4n) is 3.12. The molecule has 0 saturated heterocycles. The molecule has 1 unspecified atom stereocenters. The Kier molecular flexibility index (Phi) is 5.53. The maximum absolute atomic E-state index is 12.1. The fourth-order valence-corrected chi connectivity index (χ4v) is 3.94. The largest absolute Gasteiger partial charge is 0.383 e. The number of aromatic nitrogens is 1. The van der Waals surface area contributed by atoms with E-state index in [1.165, 1.54) is 5.56 Å². The number of aryl methyl sites for hydroxylation is 1. The summed E-state index contributed by atoms with van der Waals surface area (Å²) in [7, 11) is 0. The maximum atomic E-state index is 12.1. The van der Waals surface area contributed by atoms with E-state index in [1.54, 1.807) is 24.2 Å². The molecule has 0 spiro atoms. The third-order valence-electron chi connectivity index (χ3n) is 4.38. The number of amides is 1. The van der Waals surface area contributed by atoms with E-state index >= 15 is 0 Å². The van der Waals surface area contributed by atoms with Crippen LogP contribution < -0.4 is 5.32 Å². The summed E-state index contributed by atoms with van der Waals surface area (Å²) in [4.78, 5) is 16.1. The molecule has 3 rings (SSSR count). The van der Waals surface area contributed by atoms with Gasteiger partial charge in [0, 0.05) is 18.1 Å². The minimum absolute atomic E-state index is 0.0365. The quantitative estimate of drug-likeness (QED) is 0.847. The molecule has 0 radical (unpaired) electrons. The van der Waals surface area contributed by atoms with Crippen LogP contribution in [0.3, 0.4) is 0 Å². The number of thioether (sulfide) groups is 1. The zero-order valence-corrected chi connectivity index (χ0v) is 14.4. The fraction of sp³-hybridized carbons (Fsp3) is 0.368. The highest BCUT2D eigenvalue weighted by Gasteiger charge is 2.34. The van der Waals surface area contributed by atoms with E-state index in [-0.39, 0.29) is 12.5 Å². The van der Waals surface area contributed by atoms with Crippen molar-refractivity contribution in [3.05, 3.63) is 65.5 Å². The molecule has 2 N–H and O–H groups in total. The number of hydrogen-bond donors (Lipinski definition) is 2. The van der Waals surface area contributed by atoms with Crippen molar-refractivity contribution in [1.29, 1.82) is 0 Å². The lowest BCUT2D eigenvalue weighted by molar-refractivity contribution is -0.120. The molecule has 1 amide bonds. The summed E-state index contributed by atoms with van der Waals surface area (Å²) in [5.74, 6) is 1.13. The van der Waals surface area contributed by atoms with Gasteiger partial charge in [-0.2, -0.15) is 0 Å². The number of nitrogens with zero attached hydrogens (tertiary/aromatic N) is 1. The predicted octanol–water partition coefficient (Wildman–Crippen LogP) is 2.66. The third kappa shape index (κ3) is 4.16. The molecular formula is C19H22N2O2S. The Balaban J connectivity index is 1.49. The van der Waals surface area contributed by atoms with Crippen LogP contribution in [0.1, 0.15) is 29.5 Å². The first-order valence-electron chi connectivity index (χ1n) is 8.21. The highest BCUT2D eigenvalue weighted by atomic mass is 32.2. The van der Waals surface area contributed by atoms with E-state index in [0.29, 0.717) is 12.2 Å². The van der Waals surface area contributed by atoms with Crippen molar-refractivity contribution in [3.63, 3.8) is 0 Å². The van der Waals surface area contributed by atoms with Crippen LogP contribution in [0.15, 0.2) is 48.8 Å². The SMILES string of the molecule is O=C(CSCc1ccncc1)NCC1(O)CCCc2ccccc21. The Morgan fingerprint density at radius 1 is 1.25 bits per heavy atom. The topological polar surface area (TPSA) is 62.2 Å². The summed E-state index contributed by atoms with van der Waals surface area (Å²) in [5.41, 5.74) is 2.36. The van der Waals surface area contributed by atoms with Gasteiger partial charge in [0.25, 0.3) is 0 Å². The molecule has 1 aromatic carbocycles. The summed E-state index contributed by atoms with van der Waals surface area (Å²) in [6.45, 7) is 0.276. The molecular weight excluding hydrogens is 320 g/mol. The highest BCUT2D eigenvalue weighted by Crippen LogP contribution is 2.34. The van der Waals surface area contributed by atoms with Gasteiger partial charge in [0.15, 0.2) is 0 Å². The monoisotopic (exact) mass is 342 g/mol. The second kappa shape index (κ2) is 7.81. The lowest BCUT2D eigenvalue weighted by Gasteiger charge is -2.34. The number of rotatable bonds is 6. The Labute approximate surface area is 146 Å². The van der Waals surface area contributed by atoms with Crippen LogP contribution in [-0.4, -0.2) is 28.3 Å². The van der Waals surface area contributed by atoms with Gasteiger partial charge in [0.05, 0.1) is 12.3 Å². The Morgan fingerprint density at radius 3 is 2.88 bits per heavy atom. The van der Waals surface area contributed by atoms with Crippen molar-refractivity contribution in [1.82, 2.24) is 10.3 Å². The van der Waals surface area contributed by atoms with Crippen LogP contribution in [0.25, 0.3) is 0 Å². The standard InChI is InChI=1S/C19H22N2O2S/c22-18(13-24-12-15-7-10-20-11-8-15)21-14-19(23)9-3-5-16-4-1-2-6-17(16)19/h1-2,4,6-8,10-11,23H,3,5,9,12-14H2,(H,21,22). The molecule has 0 saturated carbocycles. The molecule has 1 heterocycles. The number of nitrogens with one attached hydrogen (secondary N) is 1. The Morgan fingerprint density at radius 2 is 2.04 bits per heavy atom. The molecule has 1 atom stereocenters. The molecule has 126 valence electrons. The van der Waals surface area contributed by atoms with Gasteiger partial charge in [-0.15, -0.1) is 11.8 Å². The molecule has 4 nitrogen and oxygen atoms in total. The van der Waals surface area contributed by atoms with Crippen molar-refractivity contribution in [3.8, 4) is 0 Å². The number of carbonyl (C=O) groups is 1. The number of carbonyl (C=O) groups excluding carboxylic acids is 1. The van der Waals surface area contributed by atoms with Crippen LogP contribution in [-0.2, 0) is 22.6 Å². The molecule has 0 bridgehead atoms. The number of aliphatic hydroxyl groups is 1. The second-order valence-corrected chi connectivity index (χ2v) is 7.15. The normalized spacial score (nSPS) is 19.5. The molecule has 0 fully saturated rings. The first-order valence-corrected chi connectivity index (χ1v) is 9.37. The zero-order valence-electron chi connectivity index (χ0n) is 13.6. The van der Waals surface area contributed by atoms with Gasteiger partial charge in [0.1, 0.15) is 5.60 Å². The van der Waals surface area contributed by atoms with E-state index < -0.39 is 5.60 Å². The van der Waals surface area contributed by atoms with E-state index in [2.05, 4.69) is 16.4 Å². The van der Waals surface area contributed by atoms with E-state index in [1.807, 2.05) is 30.3 Å². The second-order valence-electron chi connectivity index (χ2n) is 6.17.